The smallest absolute Gasteiger partial charge is 0.0314 e. The van der Waals surface area contributed by atoms with E-state index in [4.69, 9.17) is 5.73 Å². The van der Waals surface area contributed by atoms with Gasteiger partial charge in [-0.1, -0.05) is 26.3 Å². The number of benzene rings is 1. The summed E-state index contributed by atoms with van der Waals surface area (Å²) in [7, 11) is 0. The summed E-state index contributed by atoms with van der Waals surface area (Å²) in [6, 6.07) is 6.51. The molecule has 2 atom stereocenters. The lowest BCUT2D eigenvalue weighted by Gasteiger charge is -2.11. The Hall–Kier alpha value is 0.01000. The molecule has 3 heteroatoms. The number of rotatable bonds is 5. The third kappa shape index (κ3) is 4.11. The molecule has 0 amide bonds. The Morgan fingerprint density at radius 3 is 2.56 bits per heavy atom. The monoisotopic (exact) mass is 301 g/mol. The Morgan fingerprint density at radius 1 is 1.38 bits per heavy atom. The minimum absolute atomic E-state index is 0.102. The number of thioether (sulfide) groups is 1. The van der Waals surface area contributed by atoms with Crippen molar-refractivity contribution in [3.8, 4) is 0 Å². The highest BCUT2D eigenvalue weighted by Gasteiger charge is 2.06. The molecule has 0 spiro atoms. The molecule has 1 aromatic carbocycles. The van der Waals surface area contributed by atoms with Crippen molar-refractivity contribution in [2.24, 2.45) is 11.7 Å². The van der Waals surface area contributed by atoms with Crippen molar-refractivity contribution in [1.82, 2.24) is 0 Å². The summed E-state index contributed by atoms with van der Waals surface area (Å²) in [5, 5.41) is 0. The molecular weight excluding hydrogens is 282 g/mol. The lowest BCUT2D eigenvalue weighted by molar-refractivity contribution is 0.637. The SMILES string of the molecule is CCC(C)CSc1ccc(C(C)N)cc1Br. The minimum atomic E-state index is 0.102. The Labute approximate surface area is 111 Å². The lowest BCUT2D eigenvalue weighted by atomic mass is 10.1. The van der Waals surface area contributed by atoms with Crippen molar-refractivity contribution in [2.75, 3.05) is 5.75 Å². The minimum Gasteiger partial charge on any atom is -0.324 e. The van der Waals surface area contributed by atoms with Crippen LogP contribution in [0.1, 0.15) is 38.8 Å². The van der Waals surface area contributed by atoms with Gasteiger partial charge in [0.05, 0.1) is 0 Å². The average Bonchev–Trinajstić information content (AvgIpc) is 2.26. The molecule has 0 radical (unpaired) electrons. The van der Waals surface area contributed by atoms with Crippen LogP contribution in [0, 0.1) is 5.92 Å². The summed E-state index contributed by atoms with van der Waals surface area (Å²) in [6.07, 6.45) is 1.24. The highest BCUT2D eigenvalue weighted by molar-refractivity contribution is 9.10. The molecule has 16 heavy (non-hydrogen) atoms. The maximum atomic E-state index is 5.85. The Morgan fingerprint density at radius 2 is 2.06 bits per heavy atom. The van der Waals surface area contributed by atoms with Crippen LogP contribution in [-0.4, -0.2) is 5.75 Å². The van der Waals surface area contributed by atoms with E-state index in [1.165, 1.54) is 22.6 Å². The molecule has 2 unspecified atom stereocenters. The summed E-state index contributed by atoms with van der Waals surface area (Å²) < 4.78 is 1.16. The van der Waals surface area contributed by atoms with E-state index in [1.54, 1.807) is 0 Å². The first-order valence-electron chi connectivity index (χ1n) is 5.72. The second kappa shape index (κ2) is 6.67. The van der Waals surface area contributed by atoms with Gasteiger partial charge in [-0.15, -0.1) is 11.8 Å². The van der Waals surface area contributed by atoms with Crippen molar-refractivity contribution in [1.29, 1.82) is 0 Å². The Kier molecular flexibility index (Phi) is 5.87. The molecule has 2 N–H and O–H groups in total. The van der Waals surface area contributed by atoms with E-state index in [-0.39, 0.29) is 6.04 Å². The first-order chi connectivity index (χ1) is 7.54. The second-order valence-corrected chi connectivity index (χ2v) is 6.22. The van der Waals surface area contributed by atoms with Gasteiger partial charge in [-0.3, -0.25) is 0 Å². The molecule has 1 nitrogen and oxygen atoms in total. The number of hydrogen-bond acceptors (Lipinski definition) is 2. The third-order valence-corrected chi connectivity index (χ3v) is 5.02. The van der Waals surface area contributed by atoms with Crippen molar-refractivity contribution >= 4 is 27.7 Å². The molecule has 1 rings (SSSR count). The lowest BCUT2D eigenvalue weighted by Crippen LogP contribution is -2.04. The standard InChI is InChI=1S/C13H20BrNS/c1-4-9(2)8-16-13-6-5-11(10(3)15)7-12(13)14/h5-7,9-10H,4,8,15H2,1-3H3. The first kappa shape index (κ1) is 14.1. The fraction of sp³-hybridized carbons (Fsp3) is 0.538. The van der Waals surface area contributed by atoms with Gasteiger partial charge in [0.25, 0.3) is 0 Å². The quantitative estimate of drug-likeness (QED) is 0.804. The fourth-order valence-corrected chi connectivity index (χ4v) is 3.07. The van der Waals surface area contributed by atoms with Crippen LogP contribution >= 0.6 is 27.7 Å². The van der Waals surface area contributed by atoms with Crippen LogP contribution in [0.15, 0.2) is 27.6 Å². The summed E-state index contributed by atoms with van der Waals surface area (Å²) in [5.74, 6) is 1.94. The largest absolute Gasteiger partial charge is 0.324 e. The third-order valence-electron chi connectivity index (χ3n) is 2.70. The van der Waals surface area contributed by atoms with E-state index >= 15 is 0 Å². The van der Waals surface area contributed by atoms with Gasteiger partial charge in [0.2, 0.25) is 0 Å². The maximum Gasteiger partial charge on any atom is 0.0314 e. The van der Waals surface area contributed by atoms with Crippen LogP contribution in [0.2, 0.25) is 0 Å². The van der Waals surface area contributed by atoms with E-state index in [1.807, 2.05) is 18.7 Å². The van der Waals surface area contributed by atoms with Gasteiger partial charge in [0.15, 0.2) is 0 Å². The average molecular weight is 302 g/mol. The first-order valence-corrected chi connectivity index (χ1v) is 7.50. The number of hydrogen-bond donors (Lipinski definition) is 1. The molecule has 1 aromatic rings. The summed E-state index contributed by atoms with van der Waals surface area (Å²) in [6.45, 7) is 6.53. The molecular formula is C13H20BrNS. The predicted molar refractivity (Wildman–Crippen MR) is 76.9 cm³/mol. The van der Waals surface area contributed by atoms with Crippen LogP contribution in [0.25, 0.3) is 0 Å². The van der Waals surface area contributed by atoms with E-state index < -0.39 is 0 Å². The fourth-order valence-electron chi connectivity index (χ4n) is 1.27. The summed E-state index contributed by atoms with van der Waals surface area (Å²) >= 11 is 5.52. The van der Waals surface area contributed by atoms with E-state index in [0.29, 0.717) is 0 Å². The zero-order valence-corrected chi connectivity index (χ0v) is 12.6. The molecule has 0 aliphatic heterocycles. The van der Waals surface area contributed by atoms with Crippen LogP contribution in [-0.2, 0) is 0 Å². The molecule has 90 valence electrons. The molecule has 0 saturated heterocycles. The van der Waals surface area contributed by atoms with Gasteiger partial charge in [0.1, 0.15) is 0 Å². The zero-order valence-electron chi connectivity index (χ0n) is 10.2. The van der Waals surface area contributed by atoms with Gasteiger partial charge in [-0.2, -0.15) is 0 Å². The number of nitrogens with two attached hydrogens (primary N) is 1. The van der Waals surface area contributed by atoms with E-state index in [2.05, 4.69) is 48.0 Å². The Bertz CT molecular complexity index is 339. The van der Waals surface area contributed by atoms with Gasteiger partial charge < -0.3 is 5.73 Å². The molecule has 0 bridgehead atoms. The summed E-state index contributed by atoms with van der Waals surface area (Å²) in [5.41, 5.74) is 7.03. The molecule has 0 heterocycles. The summed E-state index contributed by atoms with van der Waals surface area (Å²) in [4.78, 5) is 1.31. The highest BCUT2D eigenvalue weighted by atomic mass is 79.9. The van der Waals surface area contributed by atoms with Gasteiger partial charge >= 0.3 is 0 Å². The number of halogens is 1. The predicted octanol–water partition coefficient (Wildman–Crippen LogP) is 4.61. The maximum absolute atomic E-state index is 5.85. The van der Waals surface area contributed by atoms with Crippen molar-refractivity contribution in [2.45, 2.75) is 38.1 Å². The van der Waals surface area contributed by atoms with Gasteiger partial charge in [0, 0.05) is 21.2 Å². The van der Waals surface area contributed by atoms with Crippen molar-refractivity contribution in [3.05, 3.63) is 28.2 Å². The molecule has 0 aliphatic rings. The van der Waals surface area contributed by atoms with Crippen LogP contribution in [0.5, 0.6) is 0 Å². The zero-order chi connectivity index (χ0) is 12.1. The molecule has 0 aromatic heterocycles. The van der Waals surface area contributed by atoms with Crippen LogP contribution in [0.3, 0.4) is 0 Å². The van der Waals surface area contributed by atoms with Crippen molar-refractivity contribution in [3.63, 3.8) is 0 Å². The topological polar surface area (TPSA) is 26.0 Å². The van der Waals surface area contributed by atoms with Crippen molar-refractivity contribution < 1.29 is 0 Å². The Balaban J connectivity index is 2.68. The van der Waals surface area contributed by atoms with Gasteiger partial charge in [-0.05, 0) is 46.5 Å². The second-order valence-electron chi connectivity index (χ2n) is 4.30. The highest BCUT2D eigenvalue weighted by Crippen LogP contribution is 2.31. The normalized spacial score (nSPS) is 14.8. The van der Waals surface area contributed by atoms with E-state index in [0.717, 1.165) is 10.4 Å². The van der Waals surface area contributed by atoms with E-state index in [9.17, 15) is 0 Å². The molecule has 0 saturated carbocycles. The van der Waals surface area contributed by atoms with Crippen LogP contribution < -0.4 is 5.73 Å². The van der Waals surface area contributed by atoms with Gasteiger partial charge in [-0.25, -0.2) is 0 Å². The molecule has 0 aliphatic carbocycles. The molecule has 0 fully saturated rings. The van der Waals surface area contributed by atoms with Crippen LogP contribution in [0.4, 0.5) is 0 Å².